The number of primary amides is 1. The van der Waals surface area contributed by atoms with E-state index < -0.39 is 51.4 Å². The summed E-state index contributed by atoms with van der Waals surface area (Å²) in [6, 6.07) is 5.25. The van der Waals surface area contributed by atoms with Crippen molar-refractivity contribution in [2.24, 2.45) is 17.4 Å². The number of carbonyl (C=O) groups is 3. The smallest absolute Gasteiger partial charge is 0.404 e. The second kappa shape index (κ2) is 7.14. The van der Waals surface area contributed by atoms with Gasteiger partial charge in [0.15, 0.2) is 5.72 Å². The number of allylic oxidation sites excluding steroid dienone is 2. The summed E-state index contributed by atoms with van der Waals surface area (Å²) in [5, 5.41) is 0. The van der Waals surface area contributed by atoms with Crippen LogP contribution in [0.1, 0.15) is 12.5 Å². The Morgan fingerprint density at radius 1 is 1.18 bits per heavy atom. The van der Waals surface area contributed by atoms with E-state index in [-0.39, 0.29) is 40.6 Å². The van der Waals surface area contributed by atoms with Crippen LogP contribution in [-0.4, -0.2) is 73.4 Å². The van der Waals surface area contributed by atoms with Crippen molar-refractivity contribution in [3.05, 3.63) is 52.4 Å². The predicted molar refractivity (Wildman–Crippen MR) is 117 cm³/mol. The number of hydrogen-bond donors (Lipinski definition) is 2. The number of ketones is 2. The highest BCUT2D eigenvalue weighted by atomic mass is 32.2. The molecule has 3 aliphatic heterocycles. The maximum Gasteiger partial charge on any atom is 0.404 e. The average Bonchev–Trinajstić information content (AvgIpc) is 3.33. The minimum absolute atomic E-state index is 0.0502. The molecule has 34 heavy (non-hydrogen) atoms. The van der Waals surface area contributed by atoms with Crippen LogP contribution in [0.5, 0.6) is 0 Å². The molecule has 0 radical (unpaired) electrons. The highest BCUT2D eigenvalue weighted by molar-refractivity contribution is 7.89. The molecule has 12 heteroatoms. The van der Waals surface area contributed by atoms with Gasteiger partial charge in [0.25, 0.3) is 0 Å². The molecule has 180 valence electrons. The lowest BCUT2D eigenvalue weighted by Gasteiger charge is -2.40. The fourth-order valence-electron chi connectivity index (χ4n) is 5.59. The number of rotatable bonds is 5. The molecule has 3 heterocycles. The number of benzene rings is 1. The van der Waals surface area contributed by atoms with E-state index in [0.717, 1.165) is 5.56 Å². The first-order valence-electron chi connectivity index (χ1n) is 10.6. The zero-order valence-corrected chi connectivity index (χ0v) is 19.6. The van der Waals surface area contributed by atoms with E-state index in [0.29, 0.717) is 0 Å². The summed E-state index contributed by atoms with van der Waals surface area (Å²) in [5.74, 6) is -1.98. The first-order chi connectivity index (χ1) is 16.0. The number of methoxy groups -OCH3 is 1. The van der Waals surface area contributed by atoms with Crippen molar-refractivity contribution in [2.75, 3.05) is 20.3 Å². The van der Waals surface area contributed by atoms with Gasteiger partial charge >= 0.3 is 6.09 Å². The summed E-state index contributed by atoms with van der Waals surface area (Å²) < 4.78 is 39.2. The van der Waals surface area contributed by atoms with Gasteiger partial charge in [-0.3, -0.25) is 9.59 Å². The van der Waals surface area contributed by atoms with Crippen LogP contribution in [0.4, 0.5) is 4.79 Å². The molecule has 1 unspecified atom stereocenters. The number of fused-ring (bicyclic) bond motifs is 4. The molecule has 4 aliphatic rings. The highest BCUT2D eigenvalue weighted by Gasteiger charge is 2.79. The third-order valence-electron chi connectivity index (χ3n) is 7.23. The molecule has 5 rings (SSSR count). The van der Waals surface area contributed by atoms with Gasteiger partial charge in [-0.15, -0.1) is 0 Å². The van der Waals surface area contributed by atoms with E-state index >= 15 is 0 Å². The lowest BCUT2D eigenvalue weighted by atomic mass is 9.82. The number of ether oxygens (including phenoxy) is 2. The van der Waals surface area contributed by atoms with Crippen molar-refractivity contribution in [3.8, 4) is 0 Å². The quantitative estimate of drug-likeness (QED) is 0.421. The Morgan fingerprint density at radius 2 is 1.82 bits per heavy atom. The number of amides is 1. The fraction of sp³-hybridized carbons (Fsp3) is 0.409. The van der Waals surface area contributed by atoms with Crippen LogP contribution >= 0.6 is 0 Å². The normalized spacial score (nSPS) is 32.0. The van der Waals surface area contributed by atoms with Gasteiger partial charge in [0.1, 0.15) is 6.61 Å². The molecular weight excluding hydrogens is 464 g/mol. The molecule has 2 fully saturated rings. The molecule has 1 aromatic rings. The molecule has 0 spiro atoms. The van der Waals surface area contributed by atoms with E-state index in [1.165, 1.54) is 30.5 Å². The Balaban J connectivity index is 1.60. The minimum Gasteiger partial charge on any atom is -0.449 e. The lowest BCUT2D eigenvalue weighted by Crippen LogP contribution is -2.56. The first-order valence-corrected chi connectivity index (χ1v) is 12.1. The molecule has 0 bridgehead atoms. The van der Waals surface area contributed by atoms with Crippen LogP contribution in [0.3, 0.4) is 0 Å². The van der Waals surface area contributed by atoms with Gasteiger partial charge < -0.3 is 25.8 Å². The second-order valence-electron chi connectivity index (χ2n) is 8.87. The molecule has 5 atom stereocenters. The van der Waals surface area contributed by atoms with Gasteiger partial charge in [-0.2, -0.15) is 4.31 Å². The second-order valence-corrected chi connectivity index (χ2v) is 10.7. The average molecular weight is 489 g/mol. The van der Waals surface area contributed by atoms with Gasteiger partial charge in [-0.1, -0.05) is 17.7 Å². The van der Waals surface area contributed by atoms with Crippen LogP contribution in [0.25, 0.3) is 0 Å². The monoisotopic (exact) mass is 488 g/mol. The third-order valence-corrected chi connectivity index (χ3v) is 9.15. The van der Waals surface area contributed by atoms with Crippen LogP contribution in [0, 0.1) is 12.8 Å². The number of hydrogen-bond acceptors (Lipinski definition) is 9. The zero-order valence-electron chi connectivity index (χ0n) is 18.8. The van der Waals surface area contributed by atoms with Crippen molar-refractivity contribution < 1.29 is 32.3 Å². The molecular formula is C22H24N4O7S. The molecule has 2 saturated heterocycles. The zero-order chi connectivity index (χ0) is 24.7. The first kappa shape index (κ1) is 22.6. The number of Topliss-reactive ketones (excluding diaryl/α,β-unsaturated/α-hetero) is 2. The highest BCUT2D eigenvalue weighted by Crippen LogP contribution is 2.61. The number of nitrogens with zero attached hydrogens (tertiary/aromatic N) is 2. The van der Waals surface area contributed by atoms with Crippen LogP contribution in [-0.2, 0) is 29.1 Å². The van der Waals surface area contributed by atoms with Crippen LogP contribution < -0.4 is 11.5 Å². The summed E-state index contributed by atoms with van der Waals surface area (Å²) in [5.41, 5.74) is 10.6. The lowest BCUT2D eigenvalue weighted by molar-refractivity contribution is -0.141. The summed E-state index contributed by atoms with van der Waals surface area (Å²) in [6.07, 6.45) is -1.07. The Labute approximate surface area is 196 Å². The Morgan fingerprint density at radius 3 is 2.41 bits per heavy atom. The maximum atomic E-state index is 13.5. The Hall–Kier alpha value is -3.22. The molecule has 0 aromatic heterocycles. The van der Waals surface area contributed by atoms with Crippen molar-refractivity contribution in [3.63, 3.8) is 0 Å². The number of nitrogens with two attached hydrogens (primary N) is 2. The molecule has 1 amide bonds. The van der Waals surface area contributed by atoms with Crippen molar-refractivity contribution in [1.29, 1.82) is 0 Å². The van der Waals surface area contributed by atoms with Crippen molar-refractivity contribution in [1.82, 2.24) is 9.21 Å². The van der Waals surface area contributed by atoms with Gasteiger partial charge in [-0.05, 0) is 26.0 Å². The van der Waals surface area contributed by atoms with Gasteiger partial charge in [0.05, 0.1) is 34.3 Å². The van der Waals surface area contributed by atoms with Crippen LogP contribution in [0.2, 0.25) is 0 Å². The molecule has 4 N–H and O–H groups in total. The maximum absolute atomic E-state index is 13.5. The van der Waals surface area contributed by atoms with E-state index in [1.54, 1.807) is 17.0 Å². The summed E-state index contributed by atoms with van der Waals surface area (Å²) >= 11 is 0. The molecule has 1 aromatic carbocycles. The van der Waals surface area contributed by atoms with E-state index in [1.807, 2.05) is 6.92 Å². The summed E-state index contributed by atoms with van der Waals surface area (Å²) in [6.45, 7) is 3.06. The van der Waals surface area contributed by atoms with E-state index in [2.05, 4.69) is 0 Å². The fourth-order valence-corrected chi connectivity index (χ4v) is 7.39. The number of carbonyl (C=O) groups excluding carboxylic acids is 3. The summed E-state index contributed by atoms with van der Waals surface area (Å²) in [4.78, 5) is 39.6. The molecule has 11 nitrogen and oxygen atoms in total. The Kier molecular flexibility index (Phi) is 4.74. The van der Waals surface area contributed by atoms with E-state index in [4.69, 9.17) is 20.9 Å². The largest absolute Gasteiger partial charge is 0.449 e. The Bertz CT molecular complexity index is 1320. The predicted octanol–water partition coefficient (Wildman–Crippen LogP) is -0.241. The minimum atomic E-state index is -3.89. The SMILES string of the molecule is CO[C@@]12[C@H](COC(N)=O)C3=C(C(=O)C(C)=C(N)C3=O)N1C[C@H]1[C@@H]2N1S(=O)(=O)c1ccc(C)cc1. The number of sulfonamides is 1. The van der Waals surface area contributed by atoms with E-state index in [9.17, 15) is 22.8 Å². The molecule has 0 saturated carbocycles. The number of piperazine rings is 1. The summed E-state index contributed by atoms with van der Waals surface area (Å²) in [7, 11) is -2.52. The third kappa shape index (κ3) is 2.70. The van der Waals surface area contributed by atoms with Crippen molar-refractivity contribution >= 4 is 27.7 Å². The number of aryl methyl sites for hydroxylation is 1. The van der Waals surface area contributed by atoms with Crippen LogP contribution in [0.15, 0.2) is 51.7 Å². The standard InChI is InChI=1S/C22H24N4O7S/c1-10-4-6-12(7-5-10)34(30,31)26-14-8-25-17-15(19(28)16(23)11(2)18(17)27)13(9-33-21(24)29)22(25,32-3)20(14)26/h4-7,13-14,20H,8-9,23H2,1-3H3,(H2,24,29)/t13-,14+,20+,22-,26?/m1/s1. The van der Waals surface area contributed by atoms with Gasteiger partial charge in [0.2, 0.25) is 21.6 Å². The van der Waals surface area contributed by atoms with Gasteiger partial charge in [0, 0.05) is 24.8 Å². The van der Waals surface area contributed by atoms with Crippen molar-refractivity contribution in [2.45, 2.75) is 36.6 Å². The molecule has 1 aliphatic carbocycles. The topological polar surface area (TPSA) is 162 Å². The van der Waals surface area contributed by atoms with Gasteiger partial charge in [-0.25, -0.2) is 13.2 Å².